The van der Waals surface area contributed by atoms with Crippen LogP contribution in [0.15, 0.2) is 177 Å². The highest BCUT2D eigenvalue weighted by Gasteiger charge is 2.41. The molecule has 10 aromatic rings. The average Bonchev–Trinajstić information content (AvgIpc) is 0.926. The molecule has 40 heteroatoms. The van der Waals surface area contributed by atoms with Crippen molar-refractivity contribution < 1.29 is 93.2 Å². The first-order valence-corrected chi connectivity index (χ1v) is 45.5. The molecule has 4 saturated heterocycles. The van der Waals surface area contributed by atoms with Gasteiger partial charge in [-0.1, -0.05) is 136 Å². The minimum absolute atomic E-state index is 0.0300. The number of fused-ring (bicyclic) bond motifs is 16. The Balaban J connectivity index is 0.000000140. The number of hydrogen-bond donors (Lipinski definition) is 6. The molecular weight excluding hydrogens is 1810 g/mol. The number of aromatic nitrogens is 4. The van der Waals surface area contributed by atoms with Gasteiger partial charge < -0.3 is 60.6 Å². The zero-order valence-corrected chi connectivity index (χ0v) is 75.1. The van der Waals surface area contributed by atoms with Gasteiger partial charge in [-0.05, 0) is 86.8 Å². The normalized spacial score (nSPS) is 15.7. The largest absolute Gasteiger partial charge is 0.502 e. The fourth-order valence-corrected chi connectivity index (χ4v) is 17.3. The van der Waals surface area contributed by atoms with Gasteiger partial charge in [-0.15, -0.1) is 0 Å². The molecule has 138 heavy (non-hydrogen) atoms. The van der Waals surface area contributed by atoms with Crippen molar-refractivity contribution in [1.29, 1.82) is 0 Å². The van der Waals surface area contributed by atoms with Crippen molar-refractivity contribution in [2.45, 2.75) is 142 Å². The van der Waals surface area contributed by atoms with Crippen LogP contribution in [0.25, 0.3) is 0 Å². The number of nitrogens with zero attached hydrogens (tertiary/aromatic N) is 12. The van der Waals surface area contributed by atoms with Gasteiger partial charge in [0, 0.05) is 150 Å². The fraction of sp³-hybridized carbons (Fsp3) is 0.347. The number of aromatic hydroxyl groups is 2. The van der Waals surface area contributed by atoms with E-state index in [9.17, 15) is 103 Å². The first kappa shape index (κ1) is 97.3. The molecule has 8 amide bonds. The van der Waals surface area contributed by atoms with E-state index in [0.717, 1.165) is 150 Å². The Kier molecular flexibility index (Phi) is 31.0. The van der Waals surface area contributed by atoms with Gasteiger partial charge in [0.15, 0.2) is 45.8 Å². The van der Waals surface area contributed by atoms with E-state index in [1.165, 1.54) is 58.4 Å². The number of carbonyl (C=O) groups excluding carboxylic acids is 8. The van der Waals surface area contributed by atoms with E-state index in [0.29, 0.717) is 77.8 Å². The molecule has 8 bridgehead atoms. The summed E-state index contributed by atoms with van der Waals surface area (Å²) in [5, 5.41) is 38.4. The first-order valence-electron chi connectivity index (χ1n) is 45.5. The summed E-state index contributed by atoms with van der Waals surface area (Å²) >= 11 is 0. The van der Waals surface area contributed by atoms with Crippen molar-refractivity contribution in [3.63, 3.8) is 0 Å². The van der Waals surface area contributed by atoms with Gasteiger partial charge in [-0.3, -0.25) is 96.3 Å². The van der Waals surface area contributed by atoms with Crippen LogP contribution in [0.2, 0.25) is 0 Å². The smallest absolute Gasteiger partial charge is 0.277 e. The molecule has 12 heterocycles. The Hall–Kier alpha value is -15.3. The maximum atomic E-state index is 14.1. The van der Waals surface area contributed by atoms with Gasteiger partial charge in [0.05, 0.1) is 0 Å². The maximum Gasteiger partial charge on any atom is 0.277 e. The molecule has 0 radical (unpaired) electrons. The lowest BCUT2D eigenvalue weighted by molar-refractivity contribution is 0.0677. The topological polar surface area (TPSA) is 358 Å². The summed E-state index contributed by atoms with van der Waals surface area (Å²) in [5.41, 5.74) is -2.97. The van der Waals surface area contributed by atoms with E-state index in [2.05, 4.69) is 21.3 Å². The van der Waals surface area contributed by atoms with Crippen molar-refractivity contribution >= 4 is 47.3 Å². The van der Waals surface area contributed by atoms with Crippen LogP contribution in [-0.2, 0) is 39.4 Å². The minimum atomic E-state index is -0.978. The van der Waals surface area contributed by atoms with Gasteiger partial charge in [0.25, 0.3) is 47.3 Å². The monoisotopic (exact) mass is 1910 g/mol. The average molecular weight is 1910 g/mol. The summed E-state index contributed by atoms with van der Waals surface area (Å²) in [4.78, 5) is 163. The molecule has 0 saturated carbocycles. The van der Waals surface area contributed by atoms with Crippen LogP contribution >= 0.6 is 0 Å². The number of pyridine rings is 4. The van der Waals surface area contributed by atoms with Crippen LogP contribution in [0.4, 0.5) is 35.1 Å². The first-order chi connectivity index (χ1) is 66.6. The summed E-state index contributed by atoms with van der Waals surface area (Å²) < 4.78 is 126. The lowest BCUT2D eigenvalue weighted by Gasteiger charge is -2.39. The summed E-state index contributed by atoms with van der Waals surface area (Å²) in [7, 11) is 0. The summed E-state index contributed by atoms with van der Waals surface area (Å²) in [6.07, 6.45) is 20.0. The Morgan fingerprint density at radius 3 is 0.775 bits per heavy atom. The Labute approximate surface area is 784 Å². The van der Waals surface area contributed by atoms with Gasteiger partial charge in [0.2, 0.25) is 21.7 Å². The van der Waals surface area contributed by atoms with E-state index < -0.39 is 115 Å². The number of rotatable bonds is 18. The molecule has 6 N–H and O–H groups in total. The number of carbonyl (C=O) groups is 8. The van der Waals surface area contributed by atoms with E-state index in [1.54, 1.807) is 39.0 Å². The van der Waals surface area contributed by atoms with Crippen molar-refractivity contribution in [3.05, 3.63) is 324 Å². The molecule has 0 unspecified atom stereocenters. The van der Waals surface area contributed by atoms with Gasteiger partial charge in [-0.25, -0.2) is 35.1 Å². The third kappa shape index (κ3) is 22.3. The van der Waals surface area contributed by atoms with Crippen LogP contribution in [0, 0.1) is 46.5 Å². The van der Waals surface area contributed by atoms with Crippen LogP contribution in [0.1, 0.15) is 219 Å². The molecule has 6 aromatic carbocycles. The lowest BCUT2D eigenvalue weighted by Crippen LogP contribution is -2.55. The van der Waals surface area contributed by atoms with Crippen LogP contribution in [0.3, 0.4) is 0 Å². The zero-order chi connectivity index (χ0) is 97.5. The van der Waals surface area contributed by atoms with Crippen molar-refractivity contribution in [2.75, 3.05) is 99.1 Å². The molecule has 0 atom stereocenters. The molecular formula is C98H100F8N16O16. The molecule has 4 fully saturated rings. The van der Waals surface area contributed by atoms with E-state index in [-0.39, 0.29) is 143 Å². The highest BCUT2D eigenvalue weighted by molar-refractivity contribution is 6.03. The second-order valence-corrected chi connectivity index (χ2v) is 34.3. The Morgan fingerprint density at radius 2 is 0.522 bits per heavy atom. The number of hydrogen-bond acceptors (Lipinski definition) is 20. The number of benzene rings is 6. The van der Waals surface area contributed by atoms with Crippen LogP contribution < -0.4 is 72.5 Å². The highest BCUT2D eigenvalue weighted by atomic mass is 19.2. The molecule has 0 aliphatic carbocycles. The minimum Gasteiger partial charge on any atom is -0.502 e. The second kappa shape index (κ2) is 44.0. The van der Waals surface area contributed by atoms with Crippen LogP contribution in [-0.4, -0.2) is 175 Å². The Bertz CT molecular complexity index is 6180. The quantitative estimate of drug-likeness (QED) is 0.0435. The molecule has 0 spiro atoms. The van der Waals surface area contributed by atoms with Crippen LogP contribution in [0.5, 0.6) is 23.0 Å². The zero-order valence-electron chi connectivity index (χ0n) is 75.1. The number of ether oxygens (including phenoxy) is 2. The van der Waals surface area contributed by atoms with E-state index in [1.807, 2.05) is 70.7 Å². The number of halogens is 8. The fourth-order valence-electron chi connectivity index (χ4n) is 17.3. The number of nitrogens with one attached hydrogen (secondary N) is 4. The number of amides is 8. The highest BCUT2D eigenvalue weighted by Crippen LogP contribution is 2.32. The molecule has 18 rings (SSSR count). The lowest BCUT2D eigenvalue weighted by atomic mass is 10.1. The van der Waals surface area contributed by atoms with Crippen molar-refractivity contribution in [1.82, 2.24) is 59.6 Å². The molecule has 32 nitrogen and oxygen atoms in total. The van der Waals surface area contributed by atoms with Gasteiger partial charge in [-0.2, -0.15) is 0 Å². The van der Waals surface area contributed by atoms with Crippen molar-refractivity contribution in [3.8, 4) is 23.0 Å². The molecule has 4 aromatic heterocycles. The molecule has 8 aliphatic rings. The summed E-state index contributed by atoms with van der Waals surface area (Å²) in [5.74, 6) is -12.9. The Morgan fingerprint density at radius 1 is 0.290 bits per heavy atom. The second-order valence-electron chi connectivity index (χ2n) is 34.3. The summed E-state index contributed by atoms with van der Waals surface area (Å²) in [6, 6.07) is 30.4. The predicted octanol–water partition coefficient (Wildman–Crippen LogP) is 10.5. The van der Waals surface area contributed by atoms with Gasteiger partial charge >= 0.3 is 0 Å². The van der Waals surface area contributed by atoms with Crippen molar-refractivity contribution in [2.24, 2.45) is 0 Å². The molecule has 8 aliphatic heterocycles. The van der Waals surface area contributed by atoms with E-state index >= 15 is 0 Å². The molecule has 724 valence electrons. The third-order valence-electron chi connectivity index (χ3n) is 24.8. The summed E-state index contributed by atoms with van der Waals surface area (Å²) in [6.45, 7) is 4.84. The standard InChI is InChI=1S/2C28H28F2N4O4.2C21H22F2N4O4/c2*29-21-11-10-20(23(30)14-21)15-31-27(36)22-16-34-24(26(25(22)35)38-17-19-8-4-3-5-9-19)28(37)32-12-6-1-2-7-13-33(34)18-32;2*22-14-6-5-13(16(23)9-14)10-24-20(30)15-11-27-17(19(29)18(15)28)21(31)25-7-3-1-2-4-8-26(27)12-25/h2*3-5,8-11,14,16H,1-2,6-7,12-13,15,17-18H2,(H,31,36);2*5-6,9,11,29H,1-4,7-8,10,12H2,(H,24,30). The SMILES string of the molecule is O=C(NCc1ccc(F)cc1F)c1cn2c(c(O)c1=O)C(=O)N1CCCCCCN2C1.O=C(NCc1ccc(F)cc1F)c1cn2c(c(O)c1=O)C(=O)N1CCCCCCN2C1.O=C(NCc1ccc(F)cc1F)c1cn2c(c(OCc3ccccc3)c1=O)C(=O)N1CCCCCCN2C1.O=C(NCc1ccc(F)cc1F)c1cn2c(c(OCc3ccccc3)c1=O)C(=O)N1CCCCCCN2C1. The predicted molar refractivity (Wildman–Crippen MR) is 488 cm³/mol. The van der Waals surface area contributed by atoms with Gasteiger partial charge in [0.1, 0.15) is 109 Å². The maximum absolute atomic E-state index is 14.1. The van der Waals surface area contributed by atoms with E-state index in [4.69, 9.17) is 9.47 Å². The third-order valence-corrected chi connectivity index (χ3v) is 24.8.